The number of rotatable bonds is 6. The van der Waals surface area contributed by atoms with E-state index in [2.05, 4.69) is 4.98 Å². The van der Waals surface area contributed by atoms with Crippen LogP contribution >= 0.6 is 0 Å². The number of hydrogen-bond acceptors (Lipinski definition) is 5. The average Bonchev–Trinajstić information content (AvgIpc) is 3.13. The van der Waals surface area contributed by atoms with Crippen LogP contribution in [0.15, 0.2) is 65.3 Å². The number of fused-ring (bicyclic) bond motifs is 2. The molecule has 2 aromatic heterocycles. The van der Waals surface area contributed by atoms with E-state index in [0.717, 1.165) is 38.8 Å². The van der Waals surface area contributed by atoms with E-state index >= 15 is 0 Å². The Hall–Kier alpha value is -3.34. The number of carbonyl (C=O) groups is 1. The molecule has 0 N–H and O–H groups in total. The van der Waals surface area contributed by atoms with Gasteiger partial charge in [0.05, 0.1) is 6.61 Å². The topological polar surface area (TPSA) is 61.6 Å². The van der Waals surface area contributed by atoms with E-state index in [0.29, 0.717) is 19.4 Å². The van der Waals surface area contributed by atoms with Crippen molar-refractivity contribution in [1.29, 1.82) is 0 Å². The van der Waals surface area contributed by atoms with Crippen molar-refractivity contribution < 1.29 is 18.7 Å². The summed E-state index contributed by atoms with van der Waals surface area (Å²) in [7, 11) is 0. The number of esters is 1. The summed E-state index contributed by atoms with van der Waals surface area (Å²) in [4.78, 5) is 16.2. The Balaban J connectivity index is 1.50. The summed E-state index contributed by atoms with van der Waals surface area (Å²) >= 11 is 0. The summed E-state index contributed by atoms with van der Waals surface area (Å²) in [5.41, 5.74) is 1.30. The normalized spacial score (nSPS) is 11.7. The third-order valence-corrected chi connectivity index (χ3v) is 4.64. The van der Waals surface area contributed by atoms with Crippen LogP contribution in [0.3, 0.4) is 0 Å². The van der Waals surface area contributed by atoms with Crippen molar-refractivity contribution in [2.75, 3.05) is 6.61 Å². The number of nitrogens with zero attached hydrogens (tertiary/aromatic N) is 1. The molecule has 5 nitrogen and oxygen atoms in total. The monoisotopic (exact) mass is 403 g/mol. The average molecular weight is 403 g/mol. The van der Waals surface area contributed by atoms with Gasteiger partial charge in [0.25, 0.3) is 0 Å². The lowest BCUT2D eigenvalue weighted by Gasteiger charge is -2.19. The largest absolute Gasteiger partial charge is 0.494 e. The van der Waals surface area contributed by atoms with Gasteiger partial charge in [0.2, 0.25) is 0 Å². The maximum absolute atomic E-state index is 11.8. The minimum atomic E-state index is -0.461. The van der Waals surface area contributed by atoms with Crippen LogP contribution in [-0.4, -0.2) is 23.2 Å². The smallest absolute Gasteiger partial charge is 0.306 e. The molecular formula is C25H25NO4. The number of benzene rings is 2. The fraction of sp³-hybridized carbons (Fsp3) is 0.280. The predicted molar refractivity (Wildman–Crippen MR) is 118 cm³/mol. The molecule has 154 valence electrons. The number of aromatic nitrogens is 1. The Morgan fingerprint density at radius 2 is 1.87 bits per heavy atom. The van der Waals surface area contributed by atoms with E-state index in [1.807, 2.05) is 81.7 Å². The number of furan rings is 1. The highest BCUT2D eigenvalue weighted by atomic mass is 16.6. The maximum atomic E-state index is 11.8. The van der Waals surface area contributed by atoms with Crippen LogP contribution in [0.4, 0.5) is 0 Å². The standard InChI is InChI=1S/C25H25NO4/c1-25(2,3)30-24(27)9-6-12-28-19-11-10-18-15-26-16-21(20(18)14-19)23-13-17-7-4-5-8-22(17)29-23/h4-5,7-8,10-11,13-16H,6,9,12H2,1-3H3. The number of hydrogen-bond donors (Lipinski definition) is 0. The second-order valence-electron chi connectivity index (χ2n) is 8.26. The fourth-order valence-corrected chi connectivity index (χ4v) is 3.34. The molecule has 0 saturated heterocycles. The van der Waals surface area contributed by atoms with Gasteiger partial charge in [-0.05, 0) is 62.9 Å². The van der Waals surface area contributed by atoms with Gasteiger partial charge in [-0.1, -0.05) is 18.2 Å². The Morgan fingerprint density at radius 1 is 1.03 bits per heavy atom. The lowest BCUT2D eigenvalue weighted by atomic mass is 10.1. The Kier molecular flexibility index (Phi) is 5.44. The zero-order valence-corrected chi connectivity index (χ0v) is 17.5. The molecule has 0 bridgehead atoms. The van der Waals surface area contributed by atoms with E-state index in [9.17, 15) is 4.79 Å². The Labute approximate surface area is 175 Å². The van der Waals surface area contributed by atoms with Crippen LogP contribution in [0.5, 0.6) is 5.75 Å². The lowest BCUT2D eigenvalue weighted by molar-refractivity contribution is -0.155. The van der Waals surface area contributed by atoms with Crippen LogP contribution in [0, 0.1) is 0 Å². The fourth-order valence-electron chi connectivity index (χ4n) is 3.34. The maximum Gasteiger partial charge on any atom is 0.306 e. The molecule has 0 aliphatic rings. The Morgan fingerprint density at radius 3 is 2.67 bits per heavy atom. The predicted octanol–water partition coefficient (Wildman–Crippen LogP) is 6.15. The quantitative estimate of drug-likeness (QED) is 0.285. The minimum Gasteiger partial charge on any atom is -0.494 e. The minimum absolute atomic E-state index is 0.206. The molecule has 0 aliphatic heterocycles. The highest BCUT2D eigenvalue weighted by molar-refractivity contribution is 5.97. The highest BCUT2D eigenvalue weighted by Gasteiger charge is 2.16. The van der Waals surface area contributed by atoms with Gasteiger partial charge in [0.1, 0.15) is 22.7 Å². The summed E-state index contributed by atoms with van der Waals surface area (Å²) in [5.74, 6) is 1.31. The lowest BCUT2D eigenvalue weighted by Crippen LogP contribution is -2.23. The number of carbonyl (C=O) groups excluding carboxylic acids is 1. The van der Waals surface area contributed by atoms with Gasteiger partial charge >= 0.3 is 5.97 Å². The zero-order valence-electron chi connectivity index (χ0n) is 17.5. The second-order valence-corrected chi connectivity index (χ2v) is 8.26. The van der Waals surface area contributed by atoms with Gasteiger partial charge < -0.3 is 13.9 Å². The van der Waals surface area contributed by atoms with Crippen LogP contribution in [0.25, 0.3) is 33.1 Å². The van der Waals surface area contributed by atoms with Crippen LogP contribution in [0.1, 0.15) is 33.6 Å². The first-order valence-corrected chi connectivity index (χ1v) is 10.1. The molecule has 0 radical (unpaired) electrons. The summed E-state index contributed by atoms with van der Waals surface area (Å²) in [6, 6.07) is 15.9. The van der Waals surface area contributed by atoms with Gasteiger partial charge in [-0.15, -0.1) is 0 Å². The van der Waals surface area contributed by atoms with Gasteiger partial charge in [-0.25, -0.2) is 0 Å². The third-order valence-electron chi connectivity index (χ3n) is 4.64. The molecular weight excluding hydrogens is 378 g/mol. The van der Waals surface area contributed by atoms with Crippen molar-refractivity contribution in [3.8, 4) is 17.1 Å². The molecule has 0 atom stereocenters. The second kappa shape index (κ2) is 8.19. The van der Waals surface area contributed by atoms with E-state index in [-0.39, 0.29) is 5.97 Å². The van der Waals surface area contributed by atoms with Crippen LogP contribution in [0.2, 0.25) is 0 Å². The molecule has 30 heavy (non-hydrogen) atoms. The van der Waals surface area contributed by atoms with Gasteiger partial charge in [-0.3, -0.25) is 9.78 Å². The SMILES string of the molecule is CC(C)(C)OC(=O)CCCOc1ccc2cncc(-c3cc4ccccc4o3)c2c1. The summed E-state index contributed by atoms with van der Waals surface area (Å²) < 4.78 is 17.2. The number of pyridine rings is 1. The van der Waals surface area contributed by atoms with Crippen molar-refractivity contribution in [2.24, 2.45) is 0 Å². The van der Waals surface area contributed by atoms with Crippen molar-refractivity contribution >= 4 is 27.7 Å². The highest BCUT2D eigenvalue weighted by Crippen LogP contribution is 2.34. The van der Waals surface area contributed by atoms with Gasteiger partial charge in [0.15, 0.2) is 0 Å². The molecule has 0 unspecified atom stereocenters. The Bertz CT molecular complexity index is 1150. The molecule has 2 aromatic carbocycles. The van der Waals surface area contributed by atoms with E-state index in [4.69, 9.17) is 13.9 Å². The molecule has 0 aliphatic carbocycles. The molecule has 0 amide bonds. The van der Waals surface area contributed by atoms with Crippen molar-refractivity contribution in [1.82, 2.24) is 4.98 Å². The first-order valence-electron chi connectivity index (χ1n) is 10.1. The molecule has 4 aromatic rings. The van der Waals surface area contributed by atoms with Crippen molar-refractivity contribution in [3.05, 3.63) is 60.9 Å². The first-order chi connectivity index (χ1) is 14.4. The molecule has 2 heterocycles. The van der Waals surface area contributed by atoms with Gasteiger partial charge in [-0.2, -0.15) is 0 Å². The molecule has 0 spiro atoms. The first kappa shape index (κ1) is 20.0. The molecule has 5 heteroatoms. The molecule has 4 rings (SSSR count). The van der Waals surface area contributed by atoms with E-state index in [1.165, 1.54) is 0 Å². The van der Waals surface area contributed by atoms with Crippen molar-refractivity contribution in [2.45, 2.75) is 39.2 Å². The van der Waals surface area contributed by atoms with Gasteiger partial charge in [0, 0.05) is 35.2 Å². The summed E-state index contributed by atoms with van der Waals surface area (Å²) in [6.45, 7) is 6.04. The third kappa shape index (κ3) is 4.62. The molecule has 0 fully saturated rings. The summed E-state index contributed by atoms with van der Waals surface area (Å²) in [5, 5.41) is 3.07. The van der Waals surface area contributed by atoms with Crippen LogP contribution in [-0.2, 0) is 9.53 Å². The van der Waals surface area contributed by atoms with E-state index in [1.54, 1.807) is 0 Å². The van der Waals surface area contributed by atoms with Crippen molar-refractivity contribution in [3.63, 3.8) is 0 Å². The summed E-state index contributed by atoms with van der Waals surface area (Å²) in [6.07, 6.45) is 4.57. The zero-order chi connectivity index (χ0) is 21.1. The number of ether oxygens (including phenoxy) is 2. The number of para-hydroxylation sites is 1. The molecule has 0 saturated carbocycles. The van der Waals surface area contributed by atoms with Crippen LogP contribution < -0.4 is 4.74 Å². The van der Waals surface area contributed by atoms with E-state index < -0.39 is 5.60 Å².